The summed E-state index contributed by atoms with van der Waals surface area (Å²) in [6.45, 7) is 0.905. The van der Waals surface area contributed by atoms with E-state index in [1.165, 1.54) is 0 Å². The first kappa shape index (κ1) is 11.0. The first-order valence-corrected chi connectivity index (χ1v) is 6.47. The third kappa shape index (κ3) is 1.64. The maximum atomic E-state index is 12.3. The van der Waals surface area contributed by atoms with Crippen LogP contribution in [0.3, 0.4) is 0 Å². The van der Waals surface area contributed by atoms with Crippen molar-refractivity contribution in [1.82, 2.24) is 10.2 Å². The minimum Gasteiger partial charge on any atom is -0.481 e. The van der Waals surface area contributed by atoms with Gasteiger partial charge in [-0.05, 0) is 38.6 Å². The molecule has 3 rings (SSSR count). The average Bonchev–Trinajstić information content (AvgIpc) is 3.03. The predicted molar refractivity (Wildman–Crippen MR) is 60.4 cm³/mol. The summed E-state index contributed by atoms with van der Waals surface area (Å²) in [7, 11) is 0. The highest BCUT2D eigenvalue weighted by Gasteiger charge is 2.52. The first-order chi connectivity index (χ1) is 8.18. The summed E-state index contributed by atoms with van der Waals surface area (Å²) in [5, 5.41) is 12.4. The molecular formula is C12H18N2O3. The first-order valence-electron chi connectivity index (χ1n) is 6.47. The monoisotopic (exact) mass is 238 g/mol. The Morgan fingerprint density at radius 2 is 2.06 bits per heavy atom. The quantitative estimate of drug-likeness (QED) is 0.721. The van der Waals surface area contributed by atoms with E-state index in [-0.39, 0.29) is 30.0 Å². The fourth-order valence-electron chi connectivity index (χ4n) is 3.67. The highest BCUT2D eigenvalue weighted by Crippen LogP contribution is 2.42. The lowest BCUT2D eigenvalue weighted by atomic mass is 9.89. The summed E-state index contributed by atoms with van der Waals surface area (Å²) in [6.07, 6.45) is 4.43. The van der Waals surface area contributed by atoms with Gasteiger partial charge in [-0.25, -0.2) is 0 Å². The van der Waals surface area contributed by atoms with Crippen LogP contribution in [0.5, 0.6) is 0 Å². The number of carbonyl (C=O) groups excluding carboxylic acids is 1. The van der Waals surface area contributed by atoms with Crippen LogP contribution in [0.2, 0.25) is 0 Å². The van der Waals surface area contributed by atoms with Crippen LogP contribution in [0.1, 0.15) is 32.1 Å². The molecule has 0 aromatic carbocycles. The number of hydrogen-bond acceptors (Lipinski definition) is 3. The Labute approximate surface area is 100 Å². The van der Waals surface area contributed by atoms with Gasteiger partial charge in [0, 0.05) is 12.1 Å². The van der Waals surface area contributed by atoms with E-state index >= 15 is 0 Å². The number of carboxylic acid groups (broad SMARTS) is 1. The molecule has 3 saturated heterocycles. The molecule has 0 aromatic rings. The molecule has 3 aliphatic heterocycles. The van der Waals surface area contributed by atoms with Crippen molar-refractivity contribution < 1.29 is 14.7 Å². The molecule has 4 atom stereocenters. The molecule has 1 amide bonds. The van der Waals surface area contributed by atoms with Gasteiger partial charge in [0.05, 0.1) is 12.0 Å². The van der Waals surface area contributed by atoms with Crippen LogP contribution in [0.4, 0.5) is 0 Å². The van der Waals surface area contributed by atoms with Gasteiger partial charge in [0.1, 0.15) is 0 Å². The molecule has 5 nitrogen and oxygen atoms in total. The molecule has 3 heterocycles. The summed E-state index contributed by atoms with van der Waals surface area (Å²) in [6, 6.07) is 0.0639. The zero-order valence-corrected chi connectivity index (χ0v) is 9.76. The molecule has 0 saturated carbocycles. The highest BCUT2D eigenvalue weighted by molar-refractivity contribution is 5.85. The number of carboxylic acids is 1. The van der Waals surface area contributed by atoms with Gasteiger partial charge in [0.25, 0.3) is 0 Å². The number of amides is 1. The van der Waals surface area contributed by atoms with Crippen LogP contribution in [0.15, 0.2) is 0 Å². The number of rotatable bonds is 2. The predicted octanol–water partition coefficient (Wildman–Crippen LogP) is 0.202. The van der Waals surface area contributed by atoms with Gasteiger partial charge >= 0.3 is 5.97 Å². The van der Waals surface area contributed by atoms with Gasteiger partial charge in [0.2, 0.25) is 5.91 Å². The lowest BCUT2D eigenvalue weighted by Gasteiger charge is -2.26. The SMILES string of the molecule is O=C(O)C1CC2CCC1N2C(=O)[C@H]1CCCN1. The molecule has 0 spiro atoms. The molecule has 0 aromatic heterocycles. The molecule has 0 aliphatic carbocycles. The van der Waals surface area contributed by atoms with Crippen molar-refractivity contribution in [3.05, 3.63) is 0 Å². The topological polar surface area (TPSA) is 69.6 Å². The molecule has 3 fully saturated rings. The Balaban J connectivity index is 1.76. The third-order valence-electron chi connectivity index (χ3n) is 4.47. The maximum Gasteiger partial charge on any atom is 0.308 e. The number of hydrogen-bond donors (Lipinski definition) is 2. The summed E-state index contributed by atoms with van der Waals surface area (Å²) < 4.78 is 0. The number of nitrogens with one attached hydrogen (secondary N) is 1. The van der Waals surface area contributed by atoms with Crippen LogP contribution in [0, 0.1) is 5.92 Å². The van der Waals surface area contributed by atoms with Crippen LogP contribution < -0.4 is 5.32 Å². The van der Waals surface area contributed by atoms with Crippen molar-refractivity contribution in [3.63, 3.8) is 0 Å². The third-order valence-corrected chi connectivity index (χ3v) is 4.47. The fraction of sp³-hybridized carbons (Fsp3) is 0.833. The molecule has 94 valence electrons. The van der Waals surface area contributed by atoms with Crippen LogP contribution in [-0.2, 0) is 9.59 Å². The van der Waals surface area contributed by atoms with E-state index in [1.807, 2.05) is 4.90 Å². The molecule has 0 radical (unpaired) electrons. The highest BCUT2D eigenvalue weighted by atomic mass is 16.4. The Kier molecular flexibility index (Phi) is 2.58. The summed E-state index contributed by atoms with van der Waals surface area (Å²) in [5.41, 5.74) is 0. The second kappa shape index (κ2) is 3.98. The van der Waals surface area contributed by atoms with E-state index in [1.54, 1.807) is 0 Å². The summed E-state index contributed by atoms with van der Waals surface area (Å²) in [5.74, 6) is -0.938. The van der Waals surface area contributed by atoms with Gasteiger partial charge < -0.3 is 15.3 Å². The van der Waals surface area contributed by atoms with E-state index in [0.717, 1.165) is 32.2 Å². The Morgan fingerprint density at radius 1 is 1.24 bits per heavy atom. The molecule has 5 heteroatoms. The molecule has 2 N–H and O–H groups in total. The van der Waals surface area contributed by atoms with Crippen molar-refractivity contribution in [2.45, 2.75) is 50.2 Å². The standard InChI is InChI=1S/C12H18N2O3/c15-11(9-2-1-5-13-9)14-7-3-4-10(14)8(6-7)12(16)17/h7-10,13H,1-6H2,(H,16,17)/t7?,8?,9-,10?/m1/s1. The second-order valence-corrected chi connectivity index (χ2v) is 5.37. The molecule has 3 aliphatic rings. The van der Waals surface area contributed by atoms with Crippen molar-refractivity contribution in [2.24, 2.45) is 5.92 Å². The van der Waals surface area contributed by atoms with E-state index in [0.29, 0.717) is 6.42 Å². The zero-order chi connectivity index (χ0) is 12.0. The van der Waals surface area contributed by atoms with Crippen molar-refractivity contribution in [1.29, 1.82) is 0 Å². The van der Waals surface area contributed by atoms with Crippen LogP contribution in [-0.4, -0.2) is 46.6 Å². The van der Waals surface area contributed by atoms with E-state index < -0.39 is 5.97 Å². The second-order valence-electron chi connectivity index (χ2n) is 5.37. The minimum absolute atomic E-state index is 0.0487. The van der Waals surface area contributed by atoms with E-state index in [2.05, 4.69) is 5.32 Å². The van der Waals surface area contributed by atoms with Crippen molar-refractivity contribution in [3.8, 4) is 0 Å². The number of carbonyl (C=O) groups is 2. The normalized spacial score (nSPS) is 39.9. The van der Waals surface area contributed by atoms with E-state index in [4.69, 9.17) is 5.11 Å². The molecule has 17 heavy (non-hydrogen) atoms. The lowest BCUT2D eigenvalue weighted by molar-refractivity contribution is -0.143. The van der Waals surface area contributed by atoms with E-state index in [9.17, 15) is 9.59 Å². The Morgan fingerprint density at radius 3 is 2.65 bits per heavy atom. The zero-order valence-electron chi connectivity index (χ0n) is 9.76. The summed E-state index contributed by atoms with van der Waals surface area (Å²) >= 11 is 0. The lowest BCUT2D eigenvalue weighted by Crippen LogP contribution is -2.46. The molecule has 2 bridgehead atoms. The van der Waals surface area contributed by atoms with Crippen LogP contribution in [0.25, 0.3) is 0 Å². The summed E-state index contributed by atoms with van der Waals surface area (Å²) in [4.78, 5) is 25.4. The maximum absolute atomic E-state index is 12.3. The van der Waals surface area contributed by atoms with Crippen molar-refractivity contribution >= 4 is 11.9 Å². The fourth-order valence-corrected chi connectivity index (χ4v) is 3.67. The van der Waals surface area contributed by atoms with Crippen molar-refractivity contribution in [2.75, 3.05) is 6.54 Å². The minimum atomic E-state index is -0.741. The van der Waals surface area contributed by atoms with Crippen LogP contribution >= 0.6 is 0 Å². The Bertz CT molecular complexity index is 352. The number of nitrogens with zero attached hydrogens (tertiary/aromatic N) is 1. The number of aliphatic carboxylic acids is 1. The smallest absolute Gasteiger partial charge is 0.308 e. The van der Waals surface area contributed by atoms with Gasteiger partial charge in [-0.1, -0.05) is 0 Å². The average molecular weight is 238 g/mol. The van der Waals surface area contributed by atoms with Gasteiger partial charge in [0.15, 0.2) is 0 Å². The van der Waals surface area contributed by atoms with Gasteiger partial charge in [-0.3, -0.25) is 9.59 Å². The molecule has 3 unspecified atom stereocenters. The Hall–Kier alpha value is -1.10. The van der Waals surface area contributed by atoms with Gasteiger partial charge in [-0.15, -0.1) is 0 Å². The number of fused-ring (bicyclic) bond motifs is 2. The largest absolute Gasteiger partial charge is 0.481 e. The molecular weight excluding hydrogens is 220 g/mol. The van der Waals surface area contributed by atoms with Gasteiger partial charge in [-0.2, -0.15) is 0 Å².